The molecule has 0 bridgehead atoms. The second kappa shape index (κ2) is 7.36. The summed E-state index contributed by atoms with van der Waals surface area (Å²) < 4.78 is 16.2. The Labute approximate surface area is 145 Å². The van der Waals surface area contributed by atoms with Gasteiger partial charge >= 0.3 is 0 Å². The zero-order valence-electron chi connectivity index (χ0n) is 13.9. The largest absolute Gasteiger partial charge is 0.493 e. The third-order valence-corrected chi connectivity index (χ3v) is 4.62. The molecule has 4 nitrogen and oxygen atoms in total. The van der Waals surface area contributed by atoms with Crippen LogP contribution < -0.4 is 14.2 Å². The van der Waals surface area contributed by atoms with Gasteiger partial charge in [-0.15, -0.1) is 11.3 Å². The number of thiazole rings is 1. The van der Waals surface area contributed by atoms with Crippen molar-refractivity contribution in [2.45, 2.75) is 6.42 Å². The van der Waals surface area contributed by atoms with Gasteiger partial charge in [0.15, 0.2) is 11.5 Å². The summed E-state index contributed by atoms with van der Waals surface area (Å²) in [6.07, 6.45) is 0.708. The Balaban J connectivity index is 1.88. The number of rotatable bonds is 6. The molecule has 124 valence electrons. The molecule has 24 heavy (non-hydrogen) atoms. The molecule has 0 amide bonds. The number of benzene rings is 2. The second-order valence-electron chi connectivity index (χ2n) is 5.22. The van der Waals surface area contributed by atoms with Crippen molar-refractivity contribution in [2.24, 2.45) is 0 Å². The molecule has 0 saturated carbocycles. The Bertz CT molecular complexity index is 789. The Hall–Kier alpha value is -2.53. The van der Waals surface area contributed by atoms with Gasteiger partial charge in [0.1, 0.15) is 5.01 Å². The van der Waals surface area contributed by atoms with Crippen LogP contribution in [0.25, 0.3) is 10.6 Å². The van der Waals surface area contributed by atoms with Gasteiger partial charge in [0, 0.05) is 17.4 Å². The third kappa shape index (κ3) is 3.36. The Morgan fingerprint density at radius 3 is 2.17 bits per heavy atom. The maximum atomic E-state index is 5.41. The van der Waals surface area contributed by atoms with Gasteiger partial charge < -0.3 is 14.2 Å². The van der Waals surface area contributed by atoms with E-state index < -0.39 is 0 Å². The van der Waals surface area contributed by atoms with Gasteiger partial charge in [-0.3, -0.25) is 0 Å². The highest BCUT2D eigenvalue weighted by molar-refractivity contribution is 7.13. The van der Waals surface area contributed by atoms with Crippen LogP contribution in [0.2, 0.25) is 0 Å². The maximum Gasteiger partial charge on any atom is 0.203 e. The van der Waals surface area contributed by atoms with Crippen LogP contribution in [-0.4, -0.2) is 26.3 Å². The molecular weight excluding hydrogens is 322 g/mol. The predicted octanol–water partition coefficient (Wildman–Crippen LogP) is 4.43. The van der Waals surface area contributed by atoms with E-state index in [1.807, 2.05) is 30.3 Å². The fourth-order valence-electron chi connectivity index (χ4n) is 2.55. The Morgan fingerprint density at radius 2 is 1.58 bits per heavy atom. The fourth-order valence-corrected chi connectivity index (χ4v) is 3.37. The van der Waals surface area contributed by atoms with Gasteiger partial charge in [0.25, 0.3) is 0 Å². The molecule has 5 heteroatoms. The number of methoxy groups -OCH3 is 3. The van der Waals surface area contributed by atoms with Crippen molar-refractivity contribution in [3.63, 3.8) is 0 Å². The molecule has 3 aromatic rings. The lowest BCUT2D eigenvalue weighted by Gasteiger charge is -2.13. The lowest BCUT2D eigenvalue weighted by molar-refractivity contribution is 0.324. The van der Waals surface area contributed by atoms with Gasteiger partial charge in [0.2, 0.25) is 5.75 Å². The summed E-state index contributed by atoms with van der Waals surface area (Å²) in [5.41, 5.74) is 3.22. The van der Waals surface area contributed by atoms with E-state index in [1.165, 1.54) is 0 Å². The first-order chi connectivity index (χ1) is 11.7. The quantitative estimate of drug-likeness (QED) is 0.665. The van der Waals surface area contributed by atoms with E-state index in [0.29, 0.717) is 23.7 Å². The van der Waals surface area contributed by atoms with Crippen LogP contribution in [0.15, 0.2) is 47.8 Å². The third-order valence-electron chi connectivity index (χ3n) is 3.68. The Kier molecular flexibility index (Phi) is 5.01. The van der Waals surface area contributed by atoms with Gasteiger partial charge in [0.05, 0.1) is 27.0 Å². The minimum Gasteiger partial charge on any atom is -0.493 e. The van der Waals surface area contributed by atoms with Gasteiger partial charge in [-0.2, -0.15) is 0 Å². The molecule has 0 spiro atoms. The predicted molar refractivity (Wildman–Crippen MR) is 96.5 cm³/mol. The Morgan fingerprint density at radius 1 is 0.917 bits per heavy atom. The summed E-state index contributed by atoms with van der Waals surface area (Å²) >= 11 is 1.65. The minimum absolute atomic E-state index is 0.604. The second-order valence-corrected chi connectivity index (χ2v) is 6.08. The summed E-state index contributed by atoms with van der Waals surface area (Å²) in [5, 5.41) is 3.11. The monoisotopic (exact) mass is 341 g/mol. The molecular formula is C19H19NO3S. The highest BCUT2D eigenvalue weighted by Crippen LogP contribution is 2.38. The number of aromatic nitrogens is 1. The van der Waals surface area contributed by atoms with Crippen LogP contribution in [0.1, 0.15) is 11.3 Å². The van der Waals surface area contributed by atoms with Crippen molar-refractivity contribution in [2.75, 3.05) is 21.3 Å². The normalized spacial score (nSPS) is 10.5. The van der Waals surface area contributed by atoms with Crippen molar-refractivity contribution in [3.8, 4) is 27.8 Å². The van der Waals surface area contributed by atoms with E-state index in [9.17, 15) is 0 Å². The molecule has 0 radical (unpaired) electrons. The first-order valence-corrected chi connectivity index (χ1v) is 8.41. The molecule has 0 saturated heterocycles. The highest BCUT2D eigenvalue weighted by atomic mass is 32.1. The lowest BCUT2D eigenvalue weighted by atomic mass is 10.1. The van der Waals surface area contributed by atoms with E-state index in [0.717, 1.165) is 21.8 Å². The van der Waals surface area contributed by atoms with Crippen molar-refractivity contribution >= 4 is 11.3 Å². The van der Waals surface area contributed by atoms with Crippen LogP contribution in [0, 0.1) is 0 Å². The van der Waals surface area contributed by atoms with E-state index in [2.05, 4.69) is 17.5 Å². The first kappa shape index (κ1) is 16.3. The lowest BCUT2D eigenvalue weighted by Crippen LogP contribution is -1.98. The average Bonchev–Trinajstić information content (AvgIpc) is 3.10. The average molecular weight is 341 g/mol. The highest BCUT2D eigenvalue weighted by Gasteiger charge is 2.14. The summed E-state index contributed by atoms with van der Waals surface area (Å²) in [4.78, 5) is 4.73. The number of nitrogens with zero attached hydrogens (tertiary/aromatic N) is 1. The summed E-state index contributed by atoms with van der Waals surface area (Å²) in [5.74, 6) is 1.92. The van der Waals surface area contributed by atoms with Gasteiger partial charge in [-0.1, -0.05) is 30.3 Å². The van der Waals surface area contributed by atoms with Crippen molar-refractivity contribution < 1.29 is 14.2 Å². The molecule has 0 unspecified atom stereocenters. The SMILES string of the molecule is COc1cc(Cc2csc(-c3ccccc3)n2)cc(OC)c1OC. The number of ether oxygens (including phenoxy) is 3. The van der Waals surface area contributed by atoms with E-state index in [-0.39, 0.29) is 0 Å². The van der Waals surface area contributed by atoms with Crippen LogP contribution in [-0.2, 0) is 6.42 Å². The van der Waals surface area contributed by atoms with Crippen molar-refractivity contribution in [1.29, 1.82) is 0 Å². The standard InChI is InChI=1S/C19H19NO3S/c1-21-16-10-13(11-17(22-2)18(16)23-3)9-15-12-24-19(20-15)14-7-5-4-6-8-14/h4-8,10-12H,9H2,1-3H3. The first-order valence-electron chi connectivity index (χ1n) is 7.54. The molecule has 0 fully saturated rings. The molecule has 3 rings (SSSR count). The smallest absolute Gasteiger partial charge is 0.203 e. The molecule has 2 aromatic carbocycles. The van der Waals surface area contributed by atoms with Crippen LogP contribution in [0.4, 0.5) is 0 Å². The number of hydrogen-bond acceptors (Lipinski definition) is 5. The van der Waals surface area contributed by atoms with Crippen molar-refractivity contribution in [1.82, 2.24) is 4.98 Å². The molecule has 0 N–H and O–H groups in total. The zero-order chi connectivity index (χ0) is 16.9. The molecule has 0 aliphatic carbocycles. The minimum atomic E-state index is 0.604. The van der Waals surface area contributed by atoms with Crippen LogP contribution in [0.5, 0.6) is 17.2 Å². The molecule has 0 aliphatic heterocycles. The van der Waals surface area contributed by atoms with Gasteiger partial charge in [-0.05, 0) is 17.7 Å². The van der Waals surface area contributed by atoms with Gasteiger partial charge in [-0.25, -0.2) is 4.98 Å². The van der Waals surface area contributed by atoms with E-state index >= 15 is 0 Å². The molecule has 0 atom stereocenters. The van der Waals surface area contributed by atoms with E-state index in [1.54, 1.807) is 32.7 Å². The topological polar surface area (TPSA) is 40.6 Å². The zero-order valence-corrected chi connectivity index (χ0v) is 14.7. The van der Waals surface area contributed by atoms with Crippen molar-refractivity contribution in [3.05, 3.63) is 59.1 Å². The van der Waals surface area contributed by atoms with E-state index in [4.69, 9.17) is 19.2 Å². The number of hydrogen-bond donors (Lipinski definition) is 0. The molecule has 0 aliphatic rings. The fraction of sp³-hybridized carbons (Fsp3) is 0.211. The van der Waals surface area contributed by atoms with Crippen LogP contribution >= 0.6 is 11.3 Å². The summed E-state index contributed by atoms with van der Waals surface area (Å²) in [6.45, 7) is 0. The summed E-state index contributed by atoms with van der Waals surface area (Å²) in [6, 6.07) is 14.1. The maximum absolute atomic E-state index is 5.41. The molecule has 1 aromatic heterocycles. The molecule has 1 heterocycles. The van der Waals surface area contributed by atoms with Crippen LogP contribution in [0.3, 0.4) is 0 Å². The summed E-state index contributed by atoms with van der Waals surface area (Å²) in [7, 11) is 4.85.